The van der Waals surface area contributed by atoms with E-state index in [1.54, 1.807) is 72.8 Å². The van der Waals surface area contributed by atoms with Crippen LogP contribution in [0.15, 0.2) is 105 Å². The van der Waals surface area contributed by atoms with Crippen LogP contribution in [0.2, 0.25) is 5.02 Å². The Morgan fingerprint density at radius 2 is 1.88 bits per heavy atom. The minimum Gasteiger partial charge on any atom is -0.493 e. The average molecular weight is 554 g/mol. The highest BCUT2D eigenvalue weighted by molar-refractivity contribution is 6.31. The van der Waals surface area contributed by atoms with Crippen LogP contribution in [0.1, 0.15) is 11.1 Å². The van der Waals surface area contributed by atoms with E-state index in [1.807, 2.05) is 6.07 Å². The van der Waals surface area contributed by atoms with Crippen molar-refractivity contribution in [2.75, 3.05) is 7.11 Å². The summed E-state index contributed by atoms with van der Waals surface area (Å²) in [6.07, 6.45) is 1.49. The highest BCUT2D eigenvalue weighted by Gasteiger charge is 2.17. The molecular weight excluding hydrogens is 533 g/mol. The first kappa shape index (κ1) is 25.3. The largest absolute Gasteiger partial charge is 0.493 e. The van der Waals surface area contributed by atoms with Gasteiger partial charge in [-0.2, -0.15) is 9.78 Å². The molecule has 0 aliphatic carbocycles. The van der Waals surface area contributed by atoms with Crippen LogP contribution in [0.4, 0.5) is 4.39 Å². The Bertz CT molecular complexity index is 1960. The van der Waals surface area contributed by atoms with Crippen LogP contribution >= 0.6 is 11.6 Å². The molecule has 198 valence electrons. The molecule has 9 heteroatoms. The molecule has 0 unspecified atom stereocenters. The van der Waals surface area contributed by atoms with E-state index in [0.717, 1.165) is 5.39 Å². The zero-order valence-electron chi connectivity index (χ0n) is 21.2. The average Bonchev–Trinajstić information content (AvgIpc) is 3.38. The first-order valence-electron chi connectivity index (χ1n) is 12.3. The topological polar surface area (TPSA) is 78.9 Å². The normalized spacial score (nSPS) is 11.5. The van der Waals surface area contributed by atoms with Gasteiger partial charge in [-0.3, -0.25) is 4.79 Å². The Kier molecular flexibility index (Phi) is 6.76. The second-order valence-electron chi connectivity index (χ2n) is 8.90. The Morgan fingerprint density at radius 1 is 1.02 bits per heavy atom. The van der Waals surface area contributed by atoms with Crippen LogP contribution in [-0.2, 0) is 6.61 Å². The summed E-state index contributed by atoms with van der Waals surface area (Å²) >= 11 is 6.16. The summed E-state index contributed by atoms with van der Waals surface area (Å²) in [5, 5.41) is 6.26. The minimum atomic E-state index is -0.375. The van der Waals surface area contributed by atoms with E-state index >= 15 is 0 Å². The van der Waals surface area contributed by atoms with Gasteiger partial charge in [0.05, 0.1) is 24.2 Å². The van der Waals surface area contributed by atoms with Crippen molar-refractivity contribution < 1.29 is 18.3 Å². The van der Waals surface area contributed by atoms with Crippen molar-refractivity contribution in [1.29, 1.82) is 0 Å². The number of fused-ring (bicyclic) bond motifs is 2. The van der Waals surface area contributed by atoms with Crippen molar-refractivity contribution in [2.24, 2.45) is 5.10 Å². The molecule has 6 aromatic rings. The fraction of sp³-hybridized carbons (Fsp3) is 0.0645. The van der Waals surface area contributed by atoms with Crippen LogP contribution in [0, 0.1) is 5.82 Å². The third-order valence-electron chi connectivity index (χ3n) is 6.27. The quantitative estimate of drug-likeness (QED) is 0.198. The molecule has 0 fully saturated rings. The van der Waals surface area contributed by atoms with Gasteiger partial charge in [0, 0.05) is 16.0 Å². The molecule has 2 heterocycles. The monoisotopic (exact) mass is 553 g/mol. The molecular formula is C31H21ClFN3O4. The molecule has 6 rings (SSSR count). The molecule has 0 saturated carbocycles. The molecule has 0 aliphatic rings. The third kappa shape index (κ3) is 4.92. The van der Waals surface area contributed by atoms with Gasteiger partial charge in [0.25, 0.3) is 5.56 Å². The first-order valence-corrected chi connectivity index (χ1v) is 12.7. The summed E-state index contributed by atoms with van der Waals surface area (Å²) in [4.78, 5) is 18.3. The Balaban J connectivity index is 1.46. The van der Waals surface area contributed by atoms with Gasteiger partial charge in [-0.1, -0.05) is 41.9 Å². The molecule has 0 radical (unpaired) electrons. The zero-order valence-corrected chi connectivity index (χ0v) is 21.9. The summed E-state index contributed by atoms with van der Waals surface area (Å²) in [7, 11) is 1.52. The fourth-order valence-electron chi connectivity index (χ4n) is 4.37. The Morgan fingerprint density at radius 3 is 2.73 bits per heavy atom. The van der Waals surface area contributed by atoms with E-state index in [1.165, 1.54) is 30.1 Å². The molecule has 40 heavy (non-hydrogen) atoms. The summed E-state index contributed by atoms with van der Waals surface area (Å²) in [5.74, 6) is 1.06. The van der Waals surface area contributed by atoms with Crippen LogP contribution < -0.4 is 15.0 Å². The summed E-state index contributed by atoms with van der Waals surface area (Å²) < 4.78 is 32.5. The van der Waals surface area contributed by atoms with E-state index in [4.69, 9.17) is 30.5 Å². The number of hydrogen-bond acceptors (Lipinski definition) is 6. The number of furan rings is 1. The van der Waals surface area contributed by atoms with E-state index in [9.17, 15) is 9.18 Å². The van der Waals surface area contributed by atoms with Gasteiger partial charge in [0.1, 0.15) is 18.0 Å². The lowest BCUT2D eigenvalue weighted by Crippen LogP contribution is -2.20. The highest BCUT2D eigenvalue weighted by atomic mass is 35.5. The molecule has 0 N–H and O–H groups in total. The minimum absolute atomic E-state index is 0.100. The number of ether oxygens (including phenoxy) is 2. The van der Waals surface area contributed by atoms with Gasteiger partial charge >= 0.3 is 0 Å². The maximum Gasteiger partial charge on any atom is 0.282 e. The van der Waals surface area contributed by atoms with Crippen molar-refractivity contribution in [3.05, 3.63) is 123 Å². The second-order valence-corrected chi connectivity index (χ2v) is 9.34. The van der Waals surface area contributed by atoms with Crippen molar-refractivity contribution in [3.8, 4) is 23.1 Å². The number of benzene rings is 4. The standard InChI is InChI=1S/C31H21ClFN3O4/c1-38-27-11-5-7-20(29(27)39-18-19-6-4-8-23(33)14-19)17-34-36-30(35-25-10-3-2-9-24(25)31(36)37)28-16-21-15-22(32)12-13-26(21)40-28/h2-17H,18H2,1H3. The zero-order chi connectivity index (χ0) is 27.6. The molecule has 0 atom stereocenters. The number of para-hydroxylation sites is 2. The molecule has 0 amide bonds. The number of halogens is 2. The molecule has 7 nitrogen and oxygen atoms in total. The van der Waals surface area contributed by atoms with Crippen molar-refractivity contribution in [3.63, 3.8) is 0 Å². The Hall–Kier alpha value is -4.95. The number of hydrogen-bond donors (Lipinski definition) is 0. The van der Waals surface area contributed by atoms with E-state index in [0.29, 0.717) is 49.9 Å². The lowest BCUT2D eigenvalue weighted by molar-refractivity contribution is 0.283. The Labute approximate surface area is 232 Å². The van der Waals surface area contributed by atoms with Gasteiger partial charge in [0.15, 0.2) is 17.3 Å². The summed E-state index contributed by atoms with van der Waals surface area (Å²) in [6, 6.07) is 25.5. The van der Waals surface area contributed by atoms with Crippen LogP contribution in [0.25, 0.3) is 33.5 Å². The molecule has 0 spiro atoms. The lowest BCUT2D eigenvalue weighted by atomic mass is 10.2. The molecule has 2 aromatic heterocycles. The molecule has 0 bridgehead atoms. The number of rotatable bonds is 7. The molecule has 0 aliphatic heterocycles. The maximum absolute atomic E-state index is 13.7. The van der Waals surface area contributed by atoms with Gasteiger partial charge < -0.3 is 13.9 Å². The van der Waals surface area contributed by atoms with Crippen LogP contribution in [0.3, 0.4) is 0 Å². The highest BCUT2D eigenvalue weighted by Crippen LogP contribution is 2.32. The SMILES string of the molecule is COc1cccc(C=Nn2c(-c3cc4cc(Cl)ccc4o3)nc3ccccc3c2=O)c1OCc1cccc(F)c1. The smallest absolute Gasteiger partial charge is 0.282 e. The van der Waals surface area contributed by atoms with Crippen LogP contribution in [-0.4, -0.2) is 23.0 Å². The number of aromatic nitrogens is 2. The molecule has 4 aromatic carbocycles. The predicted octanol–water partition coefficient (Wildman–Crippen LogP) is 7.07. The summed E-state index contributed by atoms with van der Waals surface area (Å²) in [6.45, 7) is 0.100. The third-order valence-corrected chi connectivity index (χ3v) is 6.50. The molecule has 0 saturated heterocycles. The van der Waals surface area contributed by atoms with E-state index in [2.05, 4.69) is 5.10 Å². The van der Waals surface area contributed by atoms with Crippen molar-refractivity contribution in [1.82, 2.24) is 9.66 Å². The van der Waals surface area contributed by atoms with Gasteiger partial charge in [-0.15, -0.1) is 0 Å². The number of methoxy groups -OCH3 is 1. The van der Waals surface area contributed by atoms with Gasteiger partial charge in [-0.25, -0.2) is 9.37 Å². The van der Waals surface area contributed by atoms with Crippen LogP contribution in [0.5, 0.6) is 11.5 Å². The van der Waals surface area contributed by atoms with E-state index in [-0.39, 0.29) is 23.8 Å². The summed E-state index contributed by atoms with van der Waals surface area (Å²) in [5.41, 5.74) is 1.92. The lowest BCUT2D eigenvalue weighted by Gasteiger charge is -2.13. The predicted molar refractivity (Wildman–Crippen MR) is 153 cm³/mol. The van der Waals surface area contributed by atoms with Crippen molar-refractivity contribution in [2.45, 2.75) is 6.61 Å². The van der Waals surface area contributed by atoms with Crippen molar-refractivity contribution >= 4 is 39.7 Å². The number of nitrogens with zero attached hydrogens (tertiary/aromatic N) is 3. The van der Waals surface area contributed by atoms with E-state index < -0.39 is 0 Å². The van der Waals surface area contributed by atoms with Gasteiger partial charge in [-0.05, 0) is 66.2 Å². The maximum atomic E-state index is 13.7. The van der Waals surface area contributed by atoms with Gasteiger partial charge in [0.2, 0.25) is 5.82 Å². The first-order chi connectivity index (χ1) is 19.5. The second kappa shape index (κ2) is 10.7. The fourth-order valence-corrected chi connectivity index (χ4v) is 4.55.